The molecule has 2 fully saturated rings. The first-order valence-corrected chi connectivity index (χ1v) is 10.6. The van der Waals surface area contributed by atoms with Gasteiger partial charge in [0, 0.05) is 23.0 Å². The van der Waals surface area contributed by atoms with Gasteiger partial charge >= 0.3 is 0 Å². The maximum Gasteiger partial charge on any atom is 0.223 e. The van der Waals surface area contributed by atoms with Gasteiger partial charge in [0.25, 0.3) is 0 Å². The van der Waals surface area contributed by atoms with Crippen LogP contribution in [0.3, 0.4) is 0 Å². The zero-order valence-electron chi connectivity index (χ0n) is 17.3. The molecule has 150 valence electrons. The lowest BCUT2D eigenvalue weighted by molar-refractivity contribution is -0.127. The summed E-state index contributed by atoms with van der Waals surface area (Å²) in [6.07, 6.45) is 6.41. The molecular formula is C24H31FN2O. The van der Waals surface area contributed by atoms with Crippen molar-refractivity contribution in [1.82, 2.24) is 10.3 Å². The molecular weight excluding hydrogens is 351 g/mol. The number of carbonyl (C=O) groups is 1. The summed E-state index contributed by atoms with van der Waals surface area (Å²) in [7, 11) is 0. The number of fused-ring (bicyclic) bond motifs is 2. The fourth-order valence-corrected chi connectivity index (χ4v) is 5.52. The molecule has 1 N–H and O–H groups in total. The SMILES string of the molecule is CC(C(=O)NC(C)(C)C)C1C[C@@H]2C[C@H](c3ccnc4ccc(F)cc34)C[C@@H]2C1. The quantitative estimate of drug-likeness (QED) is 0.767. The number of halogens is 1. The Bertz CT molecular complexity index is 874. The minimum absolute atomic E-state index is 0.0686. The maximum atomic E-state index is 13.8. The number of hydrogen-bond donors (Lipinski definition) is 1. The summed E-state index contributed by atoms with van der Waals surface area (Å²) in [4.78, 5) is 17.0. The van der Waals surface area contributed by atoms with Crippen LogP contribution in [0.4, 0.5) is 4.39 Å². The summed E-state index contributed by atoms with van der Waals surface area (Å²) in [6, 6.07) is 6.96. The van der Waals surface area contributed by atoms with Crippen LogP contribution in [-0.2, 0) is 4.79 Å². The van der Waals surface area contributed by atoms with E-state index >= 15 is 0 Å². The molecule has 0 radical (unpaired) electrons. The highest BCUT2D eigenvalue weighted by molar-refractivity contribution is 5.82. The van der Waals surface area contributed by atoms with E-state index in [1.165, 1.54) is 11.6 Å². The lowest BCUT2D eigenvalue weighted by Crippen LogP contribution is -2.44. The number of amides is 1. The molecule has 2 aliphatic rings. The summed E-state index contributed by atoms with van der Waals surface area (Å²) in [5, 5.41) is 4.10. The lowest BCUT2D eigenvalue weighted by atomic mass is 9.85. The third kappa shape index (κ3) is 3.78. The Labute approximate surface area is 167 Å². The molecule has 28 heavy (non-hydrogen) atoms. The van der Waals surface area contributed by atoms with Gasteiger partial charge in [-0.1, -0.05) is 6.92 Å². The van der Waals surface area contributed by atoms with Gasteiger partial charge in [0.05, 0.1) is 5.52 Å². The zero-order chi connectivity index (χ0) is 20.1. The highest BCUT2D eigenvalue weighted by atomic mass is 19.1. The first-order valence-electron chi connectivity index (χ1n) is 10.6. The van der Waals surface area contributed by atoms with Crippen LogP contribution in [0.5, 0.6) is 0 Å². The molecule has 2 unspecified atom stereocenters. The van der Waals surface area contributed by atoms with E-state index < -0.39 is 0 Å². The molecule has 1 heterocycles. The smallest absolute Gasteiger partial charge is 0.223 e. The van der Waals surface area contributed by atoms with Crippen molar-refractivity contribution in [2.75, 3.05) is 0 Å². The van der Waals surface area contributed by atoms with E-state index in [1.54, 1.807) is 12.1 Å². The first-order chi connectivity index (χ1) is 13.2. The highest BCUT2D eigenvalue weighted by Crippen LogP contribution is 2.54. The van der Waals surface area contributed by atoms with Crippen molar-refractivity contribution in [1.29, 1.82) is 0 Å². The van der Waals surface area contributed by atoms with Gasteiger partial charge in [0.15, 0.2) is 0 Å². The van der Waals surface area contributed by atoms with Crippen LogP contribution in [0.15, 0.2) is 30.5 Å². The molecule has 0 bridgehead atoms. The number of pyridine rings is 1. The van der Waals surface area contributed by atoms with Crippen molar-refractivity contribution in [2.24, 2.45) is 23.7 Å². The van der Waals surface area contributed by atoms with Crippen LogP contribution in [-0.4, -0.2) is 16.4 Å². The summed E-state index contributed by atoms with van der Waals surface area (Å²) in [6.45, 7) is 8.19. The lowest BCUT2D eigenvalue weighted by Gasteiger charge is -2.26. The van der Waals surface area contributed by atoms with Gasteiger partial charge in [-0.2, -0.15) is 0 Å². The average Bonchev–Trinajstić information content (AvgIpc) is 3.18. The molecule has 4 heteroatoms. The molecule has 0 aliphatic heterocycles. The number of hydrogen-bond acceptors (Lipinski definition) is 2. The first kappa shape index (κ1) is 19.4. The predicted molar refractivity (Wildman–Crippen MR) is 110 cm³/mol. The monoisotopic (exact) mass is 382 g/mol. The molecule has 0 saturated heterocycles. The Morgan fingerprint density at radius 2 is 1.82 bits per heavy atom. The number of benzene rings is 1. The molecule has 0 spiro atoms. The largest absolute Gasteiger partial charge is 0.351 e. The van der Waals surface area contributed by atoms with Crippen molar-refractivity contribution in [3.8, 4) is 0 Å². The van der Waals surface area contributed by atoms with Crippen LogP contribution in [0.25, 0.3) is 10.9 Å². The van der Waals surface area contributed by atoms with Gasteiger partial charge in [0.2, 0.25) is 5.91 Å². The van der Waals surface area contributed by atoms with Gasteiger partial charge in [-0.3, -0.25) is 9.78 Å². The van der Waals surface area contributed by atoms with Gasteiger partial charge < -0.3 is 5.32 Å². The Morgan fingerprint density at radius 1 is 1.14 bits per heavy atom. The maximum absolute atomic E-state index is 13.8. The molecule has 1 aromatic carbocycles. The average molecular weight is 383 g/mol. The third-order valence-electron chi connectivity index (χ3n) is 6.85. The third-order valence-corrected chi connectivity index (χ3v) is 6.85. The van der Waals surface area contributed by atoms with Crippen LogP contribution < -0.4 is 5.32 Å². The molecule has 3 nitrogen and oxygen atoms in total. The molecule has 1 amide bonds. The van der Waals surface area contributed by atoms with E-state index in [2.05, 4.69) is 23.3 Å². The predicted octanol–water partition coefficient (Wildman–Crippen LogP) is 5.44. The fraction of sp³-hybridized carbons (Fsp3) is 0.583. The van der Waals surface area contributed by atoms with E-state index in [0.717, 1.165) is 36.6 Å². The Morgan fingerprint density at radius 3 is 2.46 bits per heavy atom. The molecule has 2 aliphatic carbocycles. The van der Waals surface area contributed by atoms with Crippen LogP contribution >= 0.6 is 0 Å². The topological polar surface area (TPSA) is 42.0 Å². The summed E-state index contributed by atoms with van der Waals surface area (Å²) in [5.74, 6) is 2.36. The van der Waals surface area contributed by atoms with E-state index in [9.17, 15) is 9.18 Å². The number of carbonyl (C=O) groups excluding carboxylic acids is 1. The zero-order valence-corrected chi connectivity index (χ0v) is 17.3. The molecule has 4 rings (SSSR count). The van der Waals surface area contributed by atoms with Crippen LogP contribution in [0, 0.1) is 29.5 Å². The van der Waals surface area contributed by atoms with E-state index in [-0.39, 0.29) is 23.2 Å². The van der Waals surface area contributed by atoms with E-state index in [0.29, 0.717) is 23.7 Å². The summed E-state index contributed by atoms with van der Waals surface area (Å²) in [5.41, 5.74) is 1.94. The fourth-order valence-electron chi connectivity index (χ4n) is 5.52. The normalized spacial score (nSPS) is 28.3. The van der Waals surface area contributed by atoms with Crippen molar-refractivity contribution in [2.45, 2.75) is 64.8 Å². The molecule has 1 aromatic heterocycles. The van der Waals surface area contributed by atoms with Gasteiger partial charge in [-0.15, -0.1) is 0 Å². The van der Waals surface area contributed by atoms with Crippen molar-refractivity contribution in [3.05, 3.63) is 41.8 Å². The Balaban J connectivity index is 1.45. The van der Waals surface area contributed by atoms with Crippen LogP contribution in [0.1, 0.15) is 64.9 Å². The molecule has 2 saturated carbocycles. The van der Waals surface area contributed by atoms with Crippen molar-refractivity contribution >= 4 is 16.8 Å². The minimum atomic E-state index is -0.196. The van der Waals surface area contributed by atoms with Crippen molar-refractivity contribution in [3.63, 3.8) is 0 Å². The number of nitrogens with zero attached hydrogens (tertiary/aromatic N) is 1. The van der Waals surface area contributed by atoms with E-state index in [1.807, 2.05) is 27.0 Å². The Hall–Kier alpha value is -1.97. The second-order valence-electron chi connectivity index (χ2n) is 10.0. The van der Waals surface area contributed by atoms with Crippen LogP contribution in [0.2, 0.25) is 0 Å². The summed E-state index contributed by atoms with van der Waals surface area (Å²) < 4.78 is 13.8. The minimum Gasteiger partial charge on any atom is -0.351 e. The Kier molecular flexibility index (Phi) is 4.93. The van der Waals surface area contributed by atoms with E-state index in [4.69, 9.17) is 0 Å². The van der Waals surface area contributed by atoms with Crippen molar-refractivity contribution < 1.29 is 9.18 Å². The standard InChI is InChI=1S/C24H31FN2O/c1-14(23(28)27-24(2,3)4)15-9-16-11-18(12-17(16)10-15)20-7-8-26-22-6-5-19(25)13-21(20)22/h5-8,13-18H,9-12H2,1-4H3,(H,27,28)/t14?,15?,16-,17+,18+. The van der Waals surface area contributed by atoms with Gasteiger partial charge in [-0.25, -0.2) is 4.39 Å². The van der Waals surface area contributed by atoms with Gasteiger partial charge in [0.1, 0.15) is 5.82 Å². The van der Waals surface area contributed by atoms with Gasteiger partial charge in [-0.05, 0) is 100.0 Å². The number of aromatic nitrogens is 1. The number of rotatable bonds is 3. The second-order valence-corrected chi connectivity index (χ2v) is 10.0. The molecule has 5 atom stereocenters. The number of nitrogens with one attached hydrogen (secondary N) is 1. The summed E-state index contributed by atoms with van der Waals surface area (Å²) >= 11 is 0. The highest BCUT2D eigenvalue weighted by Gasteiger charge is 2.45. The second kappa shape index (κ2) is 7.13. The molecule has 2 aromatic rings.